The molecule has 2 rings (SSSR count). The molecule has 0 spiro atoms. The van der Waals surface area contributed by atoms with E-state index in [9.17, 15) is 4.79 Å². The summed E-state index contributed by atoms with van der Waals surface area (Å²) in [6, 6.07) is 1.87. The van der Waals surface area contributed by atoms with Gasteiger partial charge in [-0.05, 0) is 32.0 Å². The molecule has 0 aliphatic carbocycles. The largest absolute Gasteiger partial charge is 0.347 e. The summed E-state index contributed by atoms with van der Waals surface area (Å²) in [6.45, 7) is 1.72. The first kappa shape index (κ1) is 14.0. The van der Waals surface area contributed by atoms with Crippen LogP contribution in [0, 0.1) is 0 Å². The van der Waals surface area contributed by atoms with Crippen molar-refractivity contribution in [3.8, 4) is 0 Å². The highest BCUT2D eigenvalue weighted by Crippen LogP contribution is 2.28. The van der Waals surface area contributed by atoms with Crippen molar-refractivity contribution in [2.75, 3.05) is 27.2 Å². The first-order valence-electron chi connectivity index (χ1n) is 5.59. The predicted octanol–water partition coefficient (Wildman–Crippen LogP) is 0.472. The van der Waals surface area contributed by atoms with Crippen molar-refractivity contribution in [3.63, 3.8) is 0 Å². The number of nitrogens with one attached hydrogen (secondary N) is 1. The maximum absolute atomic E-state index is 12.4. The lowest BCUT2D eigenvalue weighted by atomic mass is 9.87. The summed E-state index contributed by atoms with van der Waals surface area (Å²) in [5.74, 6) is 0.137. The number of piperidine rings is 1. The second-order valence-electron chi connectivity index (χ2n) is 4.43. The molecule has 0 radical (unpaired) electrons. The minimum atomic E-state index is -0.488. The van der Waals surface area contributed by atoms with E-state index in [4.69, 9.17) is 0 Å². The van der Waals surface area contributed by atoms with Gasteiger partial charge in [0.25, 0.3) is 0 Å². The van der Waals surface area contributed by atoms with Gasteiger partial charge in [-0.3, -0.25) is 9.48 Å². The van der Waals surface area contributed by atoms with Gasteiger partial charge in [-0.25, -0.2) is 0 Å². The molecule has 1 saturated heterocycles. The Bertz CT molecular complexity index is 358. The van der Waals surface area contributed by atoms with Crippen LogP contribution in [0.4, 0.5) is 0 Å². The number of nitrogens with zero attached hydrogens (tertiary/aromatic N) is 3. The van der Waals surface area contributed by atoms with Crippen molar-refractivity contribution in [1.82, 2.24) is 20.0 Å². The molecular formula is C11H19ClN4O. The third-order valence-corrected chi connectivity index (χ3v) is 3.18. The number of carbonyl (C=O) groups is 1. The summed E-state index contributed by atoms with van der Waals surface area (Å²) in [5, 5.41) is 7.54. The van der Waals surface area contributed by atoms with Crippen LogP contribution in [0.15, 0.2) is 18.5 Å². The summed E-state index contributed by atoms with van der Waals surface area (Å²) in [4.78, 5) is 14.0. The fourth-order valence-corrected chi connectivity index (χ4v) is 2.32. The molecule has 0 aromatic carbocycles. The Morgan fingerprint density at radius 2 is 2.06 bits per heavy atom. The molecule has 1 aromatic heterocycles. The molecule has 0 saturated carbocycles. The van der Waals surface area contributed by atoms with Crippen LogP contribution in [0.5, 0.6) is 0 Å². The Kier molecular flexibility index (Phi) is 4.54. The summed E-state index contributed by atoms with van der Waals surface area (Å²) < 4.78 is 1.82. The van der Waals surface area contributed by atoms with Gasteiger partial charge < -0.3 is 10.2 Å². The standard InChI is InChI=1S/C11H18N4O.ClH/c1-14(2)10(16)11(4-7-12-8-5-11)15-9-3-6-13-15;/h3,6,9,12H,4-5,7-8H2,1-2H3;1H. The van der Waals surface area contributed by atoms with Gasteiger partial charge >= 0.3 is 0 Å². The van der Waals surface area contributed by atoms with Crippen molar-refractivity contribution in [2.45, 2.75) is 18.4 Å². The number of rotatable bonds is 2. The van der Waals surface area contributed by atoms with Gasteiger partial charge in [-0.1, -0.05) is 0 Å². The fourth-order valence-electron chi connectivity index (χ4n) is 2.32. The van der Waals surface area contributed by atoms with Crippen molar-refractivity contribution in [1.29, 1.82) is 0 Å². The highest BCUT2D eigenvalue weighted by molar-refractivity contribution is 5.85. The lowest BCUT2D eigenvalue weighted by molar-refractivity contribution is -0.140. The van der Waals surface area contributed by atoms with Crippen LogP contribution in [0.1, 0.15) is 12.8 Å². The molecule has 1 aromatic rings. The maximum atomic E-state index is 12.4. The third-order valence-electron chi connectivity index (χ3n) is 3.18. The Labute approximate surface area is 108 Å². The number of halogens is 1. The normalized spacial score (nSPS) is 18.2. The van der Waals surface area contributed by atoms with Gasteiger partial charge in [0.15, 0.2) is 0 Å². The van der Waals surface area contributed by atoms with E-state index in [0.29, 0.717) is 0 Å². The Morgan fingerprint density at radius 1 is 1.41 bits per heavy atom. The number of amides is 1. The smallest absolute Gasteiger partial charge is 0.250 e. The summed E-state index contributed by atoms with van der Waals surface area (Å²) in [6.07, 6.45) is 5.21. The number of hydrogen-bond acceptors (Lipinski definition) is 3. The summed E-state index contributed by atoms with van der Waals surface area (Å²) in [7, 11) is 3.60. The van der Waals surface area contributed by atoms with Crippen LogP contribution < -0.4 is 5.32 Å². The zero-order valence-corrected chi connectivity index (χ0v) is 11.0. The topological polar surface area (TPSA) is 50.2 Å². The molecule has 0 bridgehead atoms. The molecule has 96 valence electrons. The van der Waals surface area contributed by atoms with E-state index in [-0.39, 0.29) is 18.3 Å². The molecule has 1 N–H and O–H groups in total. The number of carbonyl (C=O) groups excluding carboxylic acids is 1. The monoisotopic (exact) mass is 258 g/mol. The molecule has 1 fully saturated rings. The number of hydrogen-bond donors (Lipinski definition) is 1. The number of likely N-dealkylation sites (N-methyl/N-ethyl adjacent to an activating group) is 1. The van der Waals surface area contributed by atoms with Crippen molar-refractivity contribution in [3.05, 3.63) is 18.5 Å². The molecule has 0 atom stereocenters. The molecule has 5 nitrogen and oxygen atoms in total. The molecule has 1 aliphatic heterocycles. The van der Waals surface area contributed by atoms with Crippen LogP contribution in [0.3, 0.4) is 0 Å². The lowest BCUT2D eigenvalue weighted by Gasteiger charge is -2.38. The van der Waals surface area contributed by atoms with E-state index >= 15 is 0 Å². The van der Waals surface area contributed by atoms with Crippen LogP contribution in [0.25, 0.3) is 0 Å². The summed E-state index contributed by atoms with van der Waals surface area (Å²) in [5.41, 5.74) is -0.488. The van der Waals surface area contributed by atoms with Gasteiger partial charge in [0.05, 0.1) is 0 Å². The van der Waals surface area contributed by atoms with E-state index in [1.165, 1.54) is 0 Å². The quantitative estimate of drug-likeness (QED) is 0.839. The van der Waals surface area contributed by atoms with Crippen LogP contribution >= 0.6 is 12.4 Å². The van der Waals surface area contributed by atoms with E-state index in [1.54, 1.807) is 25.2 Å². The van der Waals surface area contributed by atoms with E-state index < -0.39 is 5.54 Å². The van der Waals surface area contributed by atoms with Gasteiger partial charge in [-0.2, -0.15) is 5.10 Å². The average molecular weight is 259 g/mol. The number of aromatic nitrogens is 2. The predicted molar refractivity (Wildman–Crippen MR) is 68.2 cm³/mol. The SMILES string of the molecule is CN(C)C(=O)C1(n2cccn2)CCNCC1.Cl. The minimum Gasteiger partial charge on any atom is -0.347 e. The zero-order valence-electron chi connectivity index (χ0n) is 10.2. The highest BCUT2D eigenvalue weighted by atomic mass is 35.5. The maximum Gasteiger partial charge on any atom is 0.250 e. The molecule has 17 heavy (non-hydrogen) atoms. The molecule has 2 heterocycles. The first-order valence-corrected chi connectivity index (χ1v) is 5.59. The molecule has 1 aliphatic rings. The molecular weight excluding hydrogens is 240 g/mol. The summed E-state index contributed by atoms with van der Waals surface area (Å²) >= 11 is 0. The van der Waals surface area contributed by atoms with Crippen molar-refractivity contribution < 1.29 is 4.79 Å². The van der Waals surface area contributed by atoms with Gasteiger partial charge in [0.2, 0.25) is 5.91 Å². The van der Waals surface area contributed by atoms with E-state index in [2.05, 4.69) is 10.4 Å². The minimum absolute atomic E-state index is 0. The second-order valence-corrected chi connectivity index (χ2v) is 4.43. The Hall–Kier alpha value is -1.07. The third kappa shape index (κ3) is 2.45. The van der Waals surface area contributed by atoms with Gasteiger partial charge in [0, 0.05) is 26.5 Å². The average Bonchev–Trinajstić information content (AvgIpc) is 2.82. The highest BCUT2D eigenvalue weighted by Gasteiger charge is 2.42. The van der Waals surface area contributed by atoms with Crippen LogP contribution in [0.2, 0.25) is 0 Å². The van der Waals surface area contributed by atoms with Crippen LogP contribution in [-0.4, -0.2) is 47.8 Å². The zero-order chi connectivity index (χ0) is 11.6. The van der Waals surface area contributed by atoms with Crippen molar-refractivity contribution >= 4 is 18.3 Å². The second kappa shape index (κ2) is 5.51. The van der Waals surface area contributed by atoms with Crippen LogP contribution in [-0.2, 0) is 10.3 Å². The van der Waals surface area contributed by atoms with Gasteiger partial charge in [-0.15, -0.1) is 12.4 Å². The van der Waals surface area contributed by atoms with Gasteiger partial charge in [0.1, 0.15) is 5.54 Å². The van der Waals surface area contributed by atoms with E-state index in [1.807, 2.05) is 16.9 Å². The molecule has 0 unspecified atom stereocenters. The fraction of sp³-hybridized carbons (Fsp3) is 0.636. The molecule has 6 heteroatoms. The Balaban J connectivity index is 0.00000144. The lowest BCUT2D eigenvalue weighted by Crippen LogP contribution is -2.54. The van der Waals surface area contributed by atoms with Crippen molar-refractivity contribution in [2.24, 2.45) is 0 Å². The first-order chi connectivity index (χ1) is 7.67. The Morgan fingerprint density at radius 3 is 2.53 bits per heavy atom. The molecule has 1 amide bonds. The van der Waals surface area contributed by atoms with E-state index in [0.717, 1.165) is 25.9 Å².